The van der Waals surface area contributed by atoms with Crippen LogP contribution in [0.5, 0.6) is 0 Å². The molecule has 3 aromatic rings. The van der Waals surface area contributed by atoms with Crippen LogP contribution in [0.25, 0.3) is 10.4 Å². The normalized spacial score (nSPS) is 15.9. The van der Waals surface area contributed by atoms with E-state index in [1.807, 2.05) is 23.8 Å². The van der Waals surface area contributed by atoms with E-state index in [1.165, 1.54) is 23.5 Å². The SMILES string of the molecule is Cc1ccc(S(=O)(=O)NC(=O)Nc2cc(-c3ccc(Cl)cc3)sc2C(=O)N[C@H]2CCCNC2)cc1. The number of rotatable bonds is 6. The van der Waals surface area contributed by atoms with Gasteiger partial charge >= 0.3 is 6.03 Å². The first-order chi connectivity index (χ1) is 16.7. The molecule has 0 saturated carbocycles. The number of thiophene rings is 1. The summed E-state index contributed by atoms with van der Waals surface area (Å²) in [7, 11) is -4.08. The van der Waals surface area contributed by atoms with E-state index in [0.29, 0.717) is 11.6 Å². The number of carbonyl (C=O) groups is 2. The molecule has 1 aliphatic rings. The van der Waals surface area contributed by atoms with Crippen molar-refractivity contribution < 1.29 is 18.0 Å². The van der Waals surface area contributed by atoms with Gasteiger partial charge in [0.1, 0.15) is 4.88 Å². The summed E-state index contributed by atoms with van der Waals surface area (Å²) in [5.41, 5.74) is 1.93. The molecule has 8 nitrogen and oxygen atoms in total. The smallest absolute Gasteiger partial charge is 0.333 e. The molecule has 1 saturated heterocycles. The fraction of sp³-hybridized carbons (Fsp3) is 0.250. The van der Waals surface area contributed by atoms with Crippen molar-refractivity contribution in [3.8, 4) is 10.4 Å². The number of aryl methyl sites for hydroxylation is 1. The van der Waals surface area contributed by atoms with E-state index in [4.69, 9.17) is 11.6 Å². The first-order valence-electron chi connectivity index (χ1n) is 11.0. The summed E-state index contributed by atoms with van der Waals surface area (Å²) in [6, 6.07) is 13.9. The first-order valence-corrected chi connectivity index (χ1v) is 13.7. The van der Waals surface area contributed by atoms with E-state index in [-0.39, 0.29) is 27.4 Å². The molecule has 184 valence electrons. The van der Waals surface area contributed by atoms with Crippen molar-refractivity contribution >= 4 is 50.6 Å². The van der Waals surface area contributed by atoms with Crippen molar-refractivity contribution in [3.63, 3.8) is 0 Å². The van der Waals surface area contributed by atoms with E-state index >= 15 is 0 Å². The molecule has 4 N–H and O–H groups in total. The second-order valence-corrected chi connectivity index (χ2v) is 11.4. The average molecular weight is 533 g/mol. The number of piperidine rings is 1. The summed E-state index contributed by atoms with van der Waals surface area (Å²) in [4.78, 5) is 26.8. The molecule has 4 rings (SSSR count). The van der Waals surface area contributed by atoms with Gasteiger partial charge in [0.25, 0.3) is 15.9 Å². The Bertz CT molecular complexity index is 1320. The molecule has 3 amide bonds. The second-order valence-electron chi connectivity index (χ2n) is 8.25. The van der Waals surface area contributed by atoms with Crippen molar-refractivity contribution in [2.24, 2.45) is 0 Å². The highest BCUT2D eigenvalue weighted by Gasteiger charge is 2.24. The molecule has 35 heavy (non-hydrogen) atoms. The quantitative estimate of drug-likeness (QED) is 0.376. The van der Waals surface area contributed by atoms with Gasteiger partial charge in [0.2, 0.25) is 0 Å². The topological polar surface area (TPSA) is 116 Å². The van der Waals surface area contributed by atoms with Crippen LogP contribution in [0.3, 0.4) is 0 Å². The molecule has 1 aliphatic heterocycles. The molecule has 0 aliphatic carbocycles. The third-order valence-corrected chi connectivity index (χ3v) is 8.29. The van der Waals surface area contributed by atoms with E-state index in [1.54, 1.807) is 30.3 Å². The Morgan fingerprint density at radius 2 is 1.80 bits per heavy atom. The zero-order valence-corrected chi connectivity index (χ0v) is 21.3. The fourth-order valence-electron chi connectivity index (χ4n) is 3.68. The van der Waals surface area contributed by atoms with E-state index in [2.05, 4.69) is 16.0 Å². The molecule has 1 atom stereocenters. The van der Waals surface area contributed by atoms with Gasteiger partial charge in [0.15, 0.2) is 0 Å². The van der Waals surface area contributed by atoms with Crippen LogP contribution in [0.15, 0.2) is 59.5 Å². The lowest BCUT2D eigenvalue weighted by molar-refractivity contribution is 0.0935. The van der Waals surface area contributed by atoms with Crippen LogP contribution in [0.1, 0.15) is 28.1 Å². The molecule has 0 unspecified atom stereocenters. The van der Waals surface area contributed by atoms with Crippen molar-refractivity contribution in [1.29, 1.82) is 0 Å². The summed E-state index contributed by atoms with van der Waals surface area (Å²) < 4.78 is 27.2. The predicted octanol–water partition coefficient (Wildman–Crippen LogP) is 4.37. The Morgan fingerprint density at radius 3 is 2.46 bits per heavy atom. The number of halogens is 1. The van der Waals surface area contributed by atoms with Crippen molar-refractivity contribution in [1.82, 2.24) is 15.4 Å². The van der Waals surface area contributed by atoms with Crippen LogP contribution in [0, 0.1) is 6.92 Å². The summed E-state index contributed by atoms with van der Waals surface area (Å²) in [5, 5.41) is 9.37. The number of hydrogen-bond acceptors (Lipinski definition) is 6. The highest BCUT2D eigenvalue weighted by atomic mass is 35.5. The predicted molar refractivity (Wildman–Crippen MR) is 139 cm³/mol. The number of nitrogens with one attached hydrogen (secondary N) is 4. The van der Waals surface area contributed by atoms with Crippen molar-refractivity contribution in [3.05, 3.63) is 70.1 Å². The maximum Gasteiger partial charge on any atom is 0.333 e. The van der Waals surface area contributed by atoms with Crippen LogP contribution in [0.4, 0.5) is 10.5 Å². The highest BCUT2D eigenvalue weighted by Crippen LogP contribution is 2.35. The van der Waals surface area contributed by atoms with Crippen LogP contribution >= 0.6 is 22.9 Å². The number of benzene rings is 2. The second kappa shape index (κ2) is 10.8. The Labute approximate surface area is 213 Å². The largest absolute Gasteiger partial charge is 0.347 e. The Morgan fingerprint density at radius 1 is 1.09 bits per heavy atom. The molecule has 0 spiro atoms. The van der Waals surface area contributed by atoms with Gasteiger partial charge in [-0.2, -0.15) is 0 Å². The summed E-state index contributed by atoms with van der Waals surface area (Å²) >= 11 is 7.20. The van der Waals surface area contributed by atoms with E-state index < -0.39 is 16.1 Å². The minimum atomic E-state index is -4.08. The lowest BCUT2D eigenvalue weighted by atomic mass is 10.1. The van der Waals surface area contributed by atoms with Crippen molar-refractivity contribution in [2.45, 2.75) is 30.7 Å². The van der Waals surface area contributed by atoms with E-state index in [9.17, 15) is 18.0 Å². The summed E-state index contributed by atoms with van der Waals surface area (Å²) in [6.07, 6.45) is 1.81. The van der Waals surface area contributed by atoms with Gasteiger partial charge in [0.05, 0.1) is 10.6 Å². The Balaban J connectivity index is 1.57. The summed E-state index contributed by atoms with van der Waals surface area (Å²) in [5.74, 6) is -0.333. The van der Waals surface area contributed by atoms with Crippen molar-refractivity contribution in [2.75, 3.05) is 18.4 Å². The standard InChI is InChI=1S/C24H25ClN4O4S2/c1-15-4-10-19(11-5-15)35(32,33)29-24(31)28-20-13-21(16-6-8-17(25)9-7-16)34-22(20)23(30)27-18-3-2-12-26-14-18/h4-11,13,18,26H,2-3,12,14H2,1H3,(H,27,30)(H2,28,29,31)/t18-/m0/s1. The van der Waals surface area contributed by atoms with Gasteiger partial charge < -0.3 is 16.0 Å². The lowest BCUT2D eigenvalue weighted by Gasteiger charge is -2.23. The van der Waals surface area contributed by atoms with Gasteiger partial charge in [-0.05, 0) is 62.2 Å². The molecular weight excluding hydrogens is 508 g/mol. The minimum Gasteiger partial charge on any atom is -0.347 e. The number of hydrogen-bond donors (Lipinski definition) is 4. The molecule has 2 heterocycles. The first kappa shape index (κ1) is 25.2. The molecule has 11 heteroatoms. The van der Waals surface area contributed by atoms with Crippen LogP contribution in [-0.2, 0) is 10.0 Å². The third kappa shape index (κ3) is 6.40. The maximum atomic E-state index is 13.1. The Hall–Kier alpha value is -2.92. The zero-order chi connectivity index (χ0) is 25.0. The van der Waals surface area contributed by atoms with Gasteiger partial charge in [-0.1, -0.05) is 41.4 Å². The molecule has 1 aromatic heterocycles. The van der Waals surface area contributed by atoms with Gasteiger partial charge in [-0.25, -0.2) is 17.9 Å². The molecule has 0 bridgehead atoms. The van der Waals surface area contributed by atoms with Gasteiger partial charge in [-0.3, -0.25) is 4.79 Å². The van der Waals surface area contributed by atoms with Crippen LogP contribution < -0.4 is 20.7 Å². The number of carbonyl (C=O) groups excluding carboxylic acids is 2. The molecule has 2 aromatic carbocycles. The lowest BCUT2D eigenvalue weighted by Crippen LogP contribution is -2.45. The van der Waals surface area contributed by atoms with E-state index in [0.717, 1.165) is 35.4 Å². The molecular formula is C24H25ClN4O4S2. The molecule has 1 fully saturated rings. The van der Waals surface area contributed by atoms with Crippen LogP contribution in [-0.4, -0.2) is 39.5 Å². The number of sulfonamides is 1. The molecule has 0 radical (unpaired) electrons. The van der Waals surface area contributed by atoms with Gasteiger partial charge in [-0.15, -0.1) is 11.3 Å². The zero-order valence-electron chi connectivity index (χ0n) is 18.9. The Kier molecular flexibility index (Phi) is 7.75. The van der Waals surface area contributed by atoms with Crippen LogP contribution in [0.2, 0.25) is 5.02 Å². The fourth-order valence-corrected chi connectivity index (χ4v) is 5.74. The maximum absolute atomic E-state index is 13.1. The average Bonchev–Trinajstić information content (AvgIpc) is 3.23. The third-order valence-electron chi connectivity index (χ3n) is 5.51. The monoisotopic (exact) mass is 532 g/mol. The number of amides is 3. The number of anilines is 1. The number of urea groups is 1. The minimum absolute atomic E-state index is 0.0269. The highest BCUT2D eigenvalue weighted by molar-refractivity contribution is 7.90. The van der Waals surface area contributed by atoms with Gasteiger partial charge in [0, 0.05) is 22.5 Å². The summed E-state index contributed by atoms with van der Waals surface area (Å²) in [6.45, 7) is 3.41.